The molecule has 0 atom stereocenters. The highest BCUT2D eigenvalue weighted by Crippen LogP contribution is 2.33. The third kappa shape index (κ3) is 6.69. The van der Waals surface area contributed by atoms with E-state index in [4.69, 9.17) is 9.84 Å². The number of aryl methyl sites for hydroxylation is 1. The van der Waals surface area contributed by atoms with Crippen LogP contribution in [-0.4, -0.2) is 72.2 Å². The molecule has 3 amide bonds. The maximum atomic E-state index is 13.3. The second-order valence-corrected chi connectivity index (χ2v) is 10.1. The number of carbonyl (C=O) groups is 3. The number of morpholine rings is 1. The molecule has 10 heteroatoms. The van der Waals surface area contributed by atoms with E-state index >= 15 is 0 Å². The zero-order chi connectivity index (χ0) is 26.2. The van der Waals surface area contributed by atoms with Gasteiger partial charge in [-0.1, -0.05) is 31.9 Å². The van der Waals surface area contributed by atoms with Crippen molar-refractivity contribution >= 4 is 41.1 Å². The van der Waals surface area contributed by atoms with Crippen molar-refractivity contribution in [3.8, 4) is 0 Å². The fourth-order valence-corrected chi connectivity index (χ4v) is 5.21. The molecule has 2 heterocycles. The molecule has 4 rings (SSSR count). The summed E-state index contributed by atoms with van der Waals surface area (Å²) in [5.74, 6) is -0.343. The Labute approximate surface area is 220 Å². The molecular weight excluding hydrogens is 492 g/mol. The first-order chi connectivity index (χ1) is 18.0. The number of thioether (sulfide) groups is 1. The van der Waals surface area contributed by atoms with Crippen molar-refractivity contribution in [3.63, 3.8) is 0 Å². The quantitative estimate of drug-likeness (QED) is 0.276. The highest BCUT2D eigenvalue weighted by Gasteiger charge is 2.34. The molecule has 2 aliphatic heterocycles. The highest BCUT2D eigenvalue weighted by atomic mass is 32.2. The third-order valence-corrected chi connectivity index (χ3v) is 7.36. The summed E-state index contributed by atoms with van der Waals surface area (Å²) < 4.78 is 5.30. The Morgan fingerprint density at radius 3 is 2.57 bits per heavy atom. The maximum absolute atomic E-state index is 13.3. The average Bonchev–Trinajstić information content (AvgIpc) is 3.18. The first-order valence-electron chi connectivity index (χ1n) is 12.6. The van der Waals surface area contributed by atoms with Crippen LogP contribution in [0.3, 0.4) is 0 Å². The number of nitrogens with one attached hydrogen (secondary N) is 1. The van der Waals surface area contributed by atoms with Crippen molar-refractivity contribution in [2.45, 2.75) is 37.5 Å². The Morgan fingerprint density at radius 2 is 1.86 bits per heavy atom. The molecule has 0 spiro atoms. The van der Waals surface area contributed by atoms with Crippen LogP contribution in [0.25, 0.3) is 0 Å². The molecule has 2 N–H and O–H groups in total. The van der Waals surface area contributed by atoms with Crippen LogP contribution in [0.4, 0.5) is 10.5 Å². The number of amides is 3. The van der Waals surface area contributed by atoms with Crippen LogP contribution < -0.4 is 10.3 Å². The number of carboxylic acids is 1. The number of fused-ring (bicyclic) bond motifs is 1. The van der Waals surface area contributed by atoms with Crippen LogP contribution in [-0.2, 0) is 16.0 Å². The first-order valence-corrected chi connectivity index (χ1v) is 13.6. The minimum absolute atomic E-state index is 0.200. The number of anilines is 1. The summed E-state index contributed by atoms with van der Waals surface area (Å²) in [4.78, 5) is 41.3. The Kier molecular flexibility index (Phi) is 9.19. The largest absolute Gasteiger partial charge is 0.478 e. The second-order valence-electron chi connectivity index (χ2n) is 8.92. The zero-order valence-electron chi connectivity index (χ0n) is 20.9. The number of benzene rings is 2. The number of rotatable bonds is 10. The minimum atomic E-state index is -0.934. The van der Waals surface area contributed by atoms with E-state index in [9.17, 15) is 14.4 Å². The number of nitrogens with zero attached hydrogens (tertiary/aromatic N) is 3. The third-order valence-electron chi connectivity index (χ3n) is 6.37. The van der Waals surface area contributed by atoms with Gasteiger partial charge in [-0.25, -0.2) is 15.0 Å². The van der Waals surface area contributed by atoms with Gasteiger partial charge in [-0.05, 0) is 48.7 Å². The molecule has 2 aliphatic rings. The number of ether oxygens (including phenoxy) is 1. The molecule has 9 nitrogen and oxygen atoms in total. The zero-order valence-corrected chi connectivity index (χ0v) is 21.8. The van der Waals surface area contributed by atoms with E-state index in [1.54, 1.807) is 33.7 Å². The molecular formula is C27H32N4O5S. The van der Waals surface area contributed by atoms with Crippen LogP contribution in [0.2, 0.25) is 0 Å². The van der Waals surface area contributed by atoms with Crippen LogP contribution in [0.5, 0.6) is 0 Å². The number of aromatic carboxylic acids is 1. The lowest BCUT2D eigenvalue weighted by Gasteiger charge is -2.25. The molecule has 0 saturated carbocycles. The van der Waals surface area contributed by atoms with Gasteiger partial charge in [0.1, 0.15) is 0 Å². The van der Waals surface area contributed by atoms with Gasteiger partial charge < -0.3 is 19.6 Å². The van der Waals surface area contributed by atoms with Gasteiger partial charge in [0, 0.05) is 35.8 Å². The van der Waals surface area contributed by atoms with Gasteiger partial charge in [0.25, 0.3) is 5.91 Å². The lowest BCUT2D eigenvalue weighted by atomic mass is 10.1. The number of hydrogen-bond donors (Lipinski definition) is 2. The van der Waals surface area contributed by atoms with Gasteiger partial charge in [-0.15, -0.1) is 11.8 Å². The molecule has 0 aromatic heterocycles. The van der Waals surface area contributed by atoms with Crippen molar-refractivity contribution < 1.29 is 24.2 Å². The fraction of sp³-hybridized carbons (Fsp3) is 0.407. The summed E-state index contributed by atoms with van der Waals surface area (Å²) in [7, 11) is 0. The summed E-state index contributed by atoms with van der Waals surface area (Å²) in [6.07, 6.45) is 3.76. The molecule has 0 aliphatic carbocycles. The van der Waals surface area contributed by atoms with Crippen molar-refractivity contribution in [1.29, 1.82) is 0 Å². The SMILES string of the molecule is CCCCCN1C(=O)C(=NNC(=O)N2CCOCC2)c2cc(SCCc3ccc(C(=O)O)cc3)ccc21. The van der Waals surface area contributed by atoms with E-state index in [0.717, 1.165) is 53.1 Å². The van der Waals surface area contributed by atoms with E-state index in [2.05, 4.69) is 17.5 Å². The lowest BCUT2D eigenvalue weighted by molar-refractivity contribution is -0.112. The van der Waals surface area contributed by atoms with Crippen LogP contribution in [0.15, 0.2) is 52.5 Å². The van der Waals surface area contributed by atoms with Crippen molar-refractivity contribution in [2.24, 2.45) is 5.10 Å². The van der Waals surface area contributed by atoms with Gasteiger partial charge in [0.15, 0.2) is 5.71 Å². The highest BCUT2D eigenvalue weighted by molar-refractivity contribution is 7.99. The Morgan fingerprint density at radius 1 is 1.11 bits per heavy atom. The van der Waals surface area contributed by atoms with Crippen molar-refractivity contribution in [3.05, 3.63) is 59.2 Å². The standard InChI is InChI=1S/C27H32N4O5S/c1-2-3-4-12-31-23-10-9-21(37-17-11-19-5-7-20(8-6-19)26(33)34)18-22(23)24(25(31)32)28-29-27(35)30-13-15-36-16-14-30/h5-10,18H,2-4,11-17H2,1H3,(H,29,35)(H,33,34). The topological polar surface area (TPSA) is 112 Å². The monoisotopic (exact) mass is 524 g/mol. The summed E-state index contributed by atoms with van der Waals surface area (Å²) in [5.41, 5.74) is 5.69. The van der Waals surface area contributed by atoms with Crippen LogP contribution in [0.1, 0.15) is 47.7 Å². The Bertz CT molecular complexity index is 1160. The average molecular weight is 525 g/mol. The minimum Gasteiger partial charge on any atom is -0.478 e. The van der Waals surface area contributed by atoms with Crippen molar-refractivity contribution in [2.75, 3.05) is 43.5 Å². The second kappa shape index (κ2) is 12.7. The van der Waals surface area contributed by atoms with Gasteiger partial charge >= 0.3 is 12.0 Å². The smallest absolute Gasteiger partial charge is 0.337 e. The molecule has 37 heavy (non-hydrogen) atoms. The number of unbranched alkanes of at least 4 members (excludes halogenated alkanes) is 2. The van der Waals surface area contributed by atoms with E-state index in [-0.39, 0.29) is 23.2 Å². The van der Waals surface area contributed by atoms with Gasteiger partial charge in [-0.3, -0.25) is 4.79 Å². The van der Waals surface area contributed by atoms with E-state index in [0.29, 0.717) is 32.8 Å². The summed E-state index contributed by atoms with van der Waals surface area (Å²) in [6.45, 7) is 4.68. The Hall–Kier alpha value is -3.37. The van der Waals surface area contributed by atoms with E-state index in [1.807, 2.05) is 30.3 Å². The molecule has 1 fully saturated rings. The van der Waals surface area contributed by atoms with Crippen LogP contribution >= 0.6 is 11.8 Å². The van der Waals surface area contributed by atoms with Crippen molar-refractivity contribution in [1.82, 2.24) is 10.3 Å². The number of carboxylic acid groups (broad SMARTS) is 1. The number of carbonyl (C=O) groups excluding carboxylic acids is 2. The van der Waals surface area contributed by atoms with Gasteiger partial charge in [0.05, 0.1) is 24.5 Å². The number of urea groups is 1. The molecule has 2 aromatic rings. The van der Waals surface area contributed by atoms with Gasteiger partial charge in [-0.2, -0.15) is 5.10 Å². The van der Waals surface area contributed by atoms with E-state index in [1.165, 1.54) is 0 Å². The summed E-state index contributed by atoms with van der Waals surface area (Å²) in [5, 5.41) is 13.3. The summed E-state index contributed by atoms with van der Waals surface area (Å²) in [6, 6.07) is 12.5. The molecule has 0 bridgehead atoms. The Balaban J connectivity index is 1.47. The van der Waals surface area contributed by atoms with Gasteiger partial charge in [0.2, 0.25) is 0 Å². The fourth-order valence-electron chi connectivity index (χ4n) is 4.27. The number of hydrogen-bond acceptors (Lipinski definition) is 6. The molecule has 0 unspecified atom stereocenters. The lowest BCUT2D eigenvalue weighted by Crippen LogP contribution is -2.45. The first kappa shape index (κ1) is 26.7. The maximum Gasteiger partial charge on any atom is 0.337 e. The normalized spacial score (nSPS) is 16.2. The molecule has 1 saturated heterocycles. The molecule has 0 radical (unpaired) electrons. The van der Waals surface area contributed by atoms with Crippen LogP contribution in [0, 0.1) is 0 Å². The molecule has 2 aromatic carbocycles. The summed E-state index contributed by atoms with van der Waals surface area (Å²) >= 11 is 1.65. The predicted octanol–water partition coefficient (Wildman–Crippen LogP) is 4.00. The predicted molar refractivity (Wildman–Crippen MR) is 144 cm³/mol. The van der Waals surface area contributed by atoms with E-state index < -0.39 is 5.97 Å². The molecule has 196 valence electrons. The number of hydrazone groups is 1.